The van der Waals surface area contributed by atoms with Gasteiger partial charge in [-0.1, -0.05) is 0 Å². The number of urea groups is 1. The SMILES string of the molecule is CC(C)(CO)NC(=O)Nc1cnn(CC(F)F)c1. The molecule has 0 aliphatic heterocycles. The molecule has 8 heteroatoms. The standard InChI is InChI=1S/C10H16F2N4O2/c1-10(2,6-17)15-9(18)14-7-3-13-16(4-7)5-8(11)12/h3-4,8,17H,5-6H2,1-2H3,(H2,14,15,18). The van der Waals surface area contributed by atoms with Gasteiger partial charge in [-0.15, -0.1) is 0 Å². The summed E-state index contributed by atoms with van der Waals surface area (Å²) in [5.41, 5.74) is -0.454. The molecule has 1 aromatic rings. The Hall–Kier alpha value is -1.70. The molecular weight excluding hydrogens is 246 g/mol. The van der Waals surface area contributed by atoms with Crippen molar-refractivity contribution in [3.05, 3.63) is 12.4 Å². The molecule has 0 saturated carbocycles. The van der Waals surface area contributed by atoms with Crippen molar-refractivity contribution in [2.24, 2.45) is 0 Å². The summed E-state index contributed by atoms with van der Waals surface area (Å²) in [6.07, 6.45) is 0.0749. The second kappa shape index (κ2) is 5.76. The van der Waals surface area contributed by atoms with Gasteiger partial charge in [-0.3, -0.25) is 4.68 Å². The minimum Gasteiger partial charge on any atom is -0.394 e. The number of halogens is 2. The van der Waals surface area contributed by atoms with Crippen LogP contribution in [0.15, 0.2) is 12.4 Å². The lowest BCUT2D eigenvalue weighted by atomic mass is 10.1. The third-order valence-corrected chi connectivity index (χ3v) is 2.06. The maximum atomic E-state index is 12.1. The van der Waals surface area contributed by atoms with E-state index in [0.717, 1.165) is 4.68 Å². The van der Waals surface area contributed by atoms with E-state index in [9.17, 15) is 13.6 Å². The van der Waals surface area contributed by atoms with Gasteiger partial charge in [0.15, 0.2) is 0 Å². The van der Waals surface area contributed by atoms with Gasteiger partial charge in [0.25, 0.3) is 6.43 Å². The van der Waals surface area contributed by atoms with E-state index >= 15 is 0 Å². The molecule has 0 aliphatic rings. The Bertz CT molecular complexity index is 406. The molecule has 0 atom stereocenters. The van der Waals surface area contributed by atoms with Crippen LogP contribution in [0.3, 0.4) is 0 Å². The normalized spacial score (nSPS) is 11.7. The number of aliphatic hydroxyl groups is 1. The van der Waals surface area contributed by atoms with E-state index in [-0.39, 0.29) is 6.61 Å². The number of amides is 2. The number of aromatic nitrogens is 2. The first kappa shape index (κ1) is 14.4. The highest BCUT2D eigenvalue weighted by Gasteiger charge is 2.19. The molecule has 0 fully saturated rings. The van der Waals surface area contributed by atoms with Gasteiger partial charge in [-0.2, -0.15) is 5.10 Å². The fraction of sp³-hybridized carbons (Fsp3) is 0.600. The fourth-order valence-electron chi connectivity index (χ4n) is 1.18. The predicted molar refractivity (Wildman–Crippen MR) is 61.6 cm³/mol. The molecule has 2 amide bonds. The summed E-state index contributed by atoms with van der Waals surface area (Å²) in [6.45, 7) is 2.55. The zero-order valence-electron chi connectivity index (χ0n) is 10.2. The summed E-state index contributed by atoms with van der Waals surface area (Å²) in [7, 11) is 0. The molecule has 0 bridgehead atoms. The van der Waals surface area contributed by atoms with Crippen LogP contribution in [0.4, 0.5) is 19.3 Å². The molecule has 18 heavy (non-hydrogen) atoms. The number of alkyl halides is 2. The van der Waals surface area contributed by atoms with Crippen molar-refractivity contribution >= 4 is 11.7 Å². The summed E-state index contributed by atoms with van der Waals surface area (Å²) in [4.78, 5) is 11.5. The Kier molecular flexibility index (Phi) is 4.60. The number of rotatable bonds is 5. The van der Waals surface area contributed by atoms with Crippen molar-refractivity contribution in [3.8, 4) is 0 Å². The van der Waals surface area contributed by atoms with Crippen LogP contribution in [-0.2, 0) is 6.54 Å². The predicted octanol–water partition coefficient (Wildman–Crippen LogP) is 1.04. The highest BCUT2D eigenvalue weighted by atomic mass is 19.3. The third kappa shape index (κ3) is 4.66. The van der Waals surface area contributed by atoms with Crippen LogP contribution in [0, 0.1) is 0 Å². The lowest BCUT2D eigenvalue weighted by Crippen LogP contribution is -2.48. The molecule has 0 aliphatic carbocycles. The number of nitrogens with zero attached hydrogens (tertiary/aromatic N) is 2. The van der Waals surface area contributed by atoms with Crippen LogP contribution in [0.25, 0.3) is 0 Å². The number of anilines is 1. The molecule has 3 N–H and O–H groups in total. The van der Waals surface area contributed by atoms with Gasteiger partial charge < -0.3 is 15.7 Å². The van der Waals surface area contributed by atoms with Crippen LogP contribution in [-0.4, -0.2) is 39.5 Å². The topological polar surface area (TPSA) is 79.2 Å². The van der Waals surface area contributed by atoms with Gasteiger partial charge >= 0.3 is 6.03 Å². The Morgan fingerprint density at radius 1 is 1.61 bits per heavy atom. The minimum absolute atomic E-state index is 0.217. The second-order valence-corrected chi connectivity index (χ2v) is 4.46. The van der Waals surface area contributed by atoms with Gasteiger partial charge in [0.1, 0.15) is 6.54 Å². The first-order valence-electron chi connectivity index (χ1n) is 5.33. The van der Waals surface area contributed by atoms with Crippen LogP contribution >= 0.6 is 0 Å². The summed E-state index contributed by atoms with van der Waals surface area (Å²) in [6, 6.07) is -0.536. The molecule has 0 saturated heterocycles. The van der Waals surface area contributed by atoms with Gasteiger partial charge in [-0.25, -0.2) is 13.6 Å². The zero-order valence-corrected chi connectivity index (χ0v) is 10.2. The molecule has 1 heterocycles. The average Bonchev–Trinajstić information content (AvgIpc) is 2.63. The summed E-state index contributed by atoms with van der Waals surface area (Å²) >= 11 is 0. The third-order valence-electron chi connectivity index (χ3n) is 2.06. The van der Waals surface area contributed by atoms with Crippen molar-refractivity contribution in [3.63, 3.8) is 0 Å². The quantitative estimate of drug-likeness (QED) is 0.741. The monoisotopic (exact) mass is 262 g/mol. The van der Waals surface area contributed by atoms with Gasteiger partial charge in [0.2, 0.25) is 0 Å². The lowest BCUT2D eigenvalue weighted by molar-refractivity contribution is 0.122. The van der Waals surface area contributed by atoms with Crippen molar-refractivity contribution < 1.29 is 18.7 Å². The summed E-state index contributed by atoms with van der Waals surface area (Å²) in [5.74, 6) is 0. The highest BCUT2D eigenvalue weighted by molar-refractivity contribution is 5.89. The number of hydrogen-bond donors (Lipinski definition) is 3. The first-order chi connectivity index (χ1) is 8.32. The summed E-state index contributed by atoms with van der Waals surface area (Å²) in [5, 5.41) is 17.6. The average molecular weight is 262 g/mol. The zero-order chi connectivity index (χ0) is 13.8. The van der Waals surface area contributed by atoms with E-state index in [0.29, 0.717) is 5.69 Å². The maximum absolute atomic E-state index is 12.1. The molecule has 6 nitrogen and oxygen atoms in total. The molecule has 1 aromatic heterocycles. The molecule has 0 aromatic carbocycles. The van der Waals surface area contributed by atoms with Crippen molar-refractivity contribution in [2.45, 2.75) is 32.4 Å². The highest BCUT2D eigenvalue weighted by Crippen LogP contribution is 2.07. The molecule has 102 valence electrons. The van der Waals surface area contributed by atoms with Crippen LogP contribution < -0.4 is 10.6 Å². The Morgan fingerprint density at radius 2 is 2.28 bits per heavy atom. The Morgan fingerprint density at radius 3 is 2.83 bits per heavy atom. The largest absolute Gasteiger partial charge is 0.394 e. The van der Waals surface area contributed by atoms with E-state index in [2.05, 4.69) is 15.7 Å². The van der Waals surface area contributed by atoms with Crippen LogP contribution in [0.2, 0.25) is 0 Å². The van der Waals surface area contributed by atoms with Gasteiger partial charge in [0.05, 0.1) is 24.0 Å². The molecule has 0 radical (unpaired) electrons. The van der Waals surface area contributed by atoms with Crippen molar-refractivity contribution in [2.75, 3.05) is 11.9 Å². The van der Waals surface area contributed by atoms with Crippen LogP contribution in [0.1, 0.15) is 13.8 Å². The van der Waals surface area contributed by atoms with Crippen LogP contribution in [0.5, 0.6) is 0 Å². The molecule has 0 spiro atoms. The number of carbonyl (C=O) groups excluding carboxylic acids is 1. The van der Waals surface area contributed by atoms with E-state index in [4.69, 9.17) is 5.11 Å². The second-order valence-electron chi connectivity index (χ2n) is 4.46. The lowest BCUT2D eigenvalue weighted by Gasteiger charge is -2.23. The maximum Gasteiger partial charge on any atom is 0.319 e. The van der Waals surface area contributed by atoms with E-state index in [1.807, 2.05) is 0 Å². The Balaban J connectivity index is 2.52. The first-order valence-corrected chi connectivity index (χ1v) is 5.33. The number of nitrogens with one attached hydrogen (secondary N) is 2. The smallest absolute Gasteiger partial charge is 0.319 e. The van der Waals surface area contributed by atoms with E-state index in [1.54, 1.807) is 13.8 Å². The molecular formula is C10H16F2N4O2. The molecule has 0 unspecified atom stereocenters. The van der Waals surface area contributed by atoms with E-state index < -0.39 is 24.5 Å². The number of hydrogen-bond acceptors (Lipinski definition) is 3. The van der Waals surface area contributed by atoms with Crippen molar-refractivity contribution in [1.82, 2.24) is 15.1 Å². The summed E-state index contributed by atoms with van der Waals surface area (Å²) < 4.78 is 25.2. The van der Waals surface area contributed by atoms with E-state index in [1.165, 1.54) is 12.4 Å². The minimum atomic E-state index is -2.50. The molecule has 1 rings (SSSR count). The van der Waals surface area contributed by atoms with Gasteiger partial charge in [0, 0.05) is 6.20 Å². The van der Waals surface area contributed by atoms with Gasteiger partial charge in [-0.05, 0) is 13.8 Å². The Labute approximate surface area is 103 Å². The number of carbonyl (C=O) groups is 1. The fourth-order valence-corrected chi connectivity index (χ4v) is 1.18. The van der Waals surface area contributed by atoms with Crippen molar-refractivity contribution in [1.29, 1.82) is 0 Å². The number of aliphatic hydroxyl groups excluding tert-OH is 1.